The lowest BCUT2D eigenvalue weighted by atomic mass is 9.93. The topological polar surface area (TPSA) is 55.1 Å². The number of hydrogen-bond acceptors (Lipinski definition) is 2. The molecule has 0 fully saturated rings. The average Bonchev–Trinajstić information content (AvgIpc) is 3.09. The lowest BCUT2D eigenvalue weighted by Crippen LogP contribution is -2.28. The number of nitrogens with two attached hydrogens (primary N) is 1. The average molecular weight is 370 g/mol. The summed E-state index contributed by atoms with van der Waals surface area (Å²) in [5.74, 6) is -0.381. The molecule has 0 saturated carbocycles. The third kappa shape index (κ3) is 3.71. The summed E-state index contributed by atoms with van der Waals surface area (Å²) in [4.78, 5) is 11.5. The van der Waals surface area contributed by atoms with E-state index in [2.05, 4.69) is 53.8 Å². The van der Waals surface area contributed by atoms with Gasteiger partial charge >= 0.3 is 0 Å². The standard InChI is InChI=1S/C25H26N2O/c1-16-11-22(25(26)28)12-17(2)24(16)19-9-7-18(8-10-19)15-27-23-13-20-5-3-4-6-21(20)14-23/h3-12,23,27H,13-15H2,1-2H3,(H2,26,28). The lowest BCUT2D eigenvalue weighted by Gasteiger charge is -2.14. The van der Waals surface area contributed by atoms with Crippen molar-refractivity contribution in [1.82, 2.24) is 5.32 Å². The second-order valence-corrected chi connectivity index (χ2v) is 7.80. The molecule has 1 aliphatic carbocycles. The number of hydrogen-bond donors (Lipinski definition) is 2. The molecule has 3 nitrogen and oxygen atoms in total. The highest BCUT2D eigenvalue weighted by atomic mass is 16.1. The summed E-state index contributed by atoms with van der Waals surface area (Å²) in [5, 5.41) is 3.70. The van der Waals surface area contributed by atoms with Gasteiger partial charge in [0.1, 0.15) is 0 Å². The summed E-state index contributed by atoms with van der Waals surface area (Å²) in [5.41, 5.74) is 14.7. The minimum atomic E-state index is -0.381. The van der Waals surface area contributed by atoms with E-state index >= 15 is 0 Å². The largest absolute Gasteiger partial charge is 0.366 e. The second kappa shape index (κ2) is 7.61. The summed E-state index contributed by atoms with van der Waals surface area (Å²) >= 11 is 0. The third-order valence-corrected chi connectivity index (χ3v) is 5.71. The first-order chi connectivity index (χ1) is 13.5. The molecule has 3 aromatic rings. The molecule has 0 atom stereocenters. The van der Waals surface area contributed by atoms with Crippen LogP contribution < -0.4 is 11.1 Å². The van der Waals surface area contributed by atoms with Gasteiger partial charge in [0.05, 0.1) is 0 Å². The van der Waals surface area contributed by atoms with Crippen molar-refractivity contribution >= 4 is 5.91 Å². The molecule has 0 aromatic heterocycles. The summed E-state index contributed by atoms with van der Waals surface area (Å²) in [6, 6.07) is 21.7. The zero-order chi connectivity index (χ0) is 19.7. The maximum atomic E-state index is 11.5. The number of amides is 1. The number of primary amides is 1. The molecule has 142 valence electrons. The van der Waals surface area contributed by atoms with Crippen molar-refractivity contribution in [1.29, 1.82) is 0 Å². The summed E-state index contributed by atoms with van der Waals surface area (Å²) in [6.07, 6.45) is 2.22. The maximum absolute atomic E-state index is 11.5. The zero-order valence-electron chi connectivity index (χ0n) is 16.5. The summed E-state index contributed by atoms with van der Waals surface area (Å²) < 4.78 is 0. The molecule has 0 radical (unpaired) electrons. The molecule has 0 unspecified atom stereocenters. The van der Waals surface area contributed by atoms with Gasteiger partial charge in [0, 0.05) is 18.2 Å². The minimum Gasteiger partial charge on any atom is -0.366 e. The molecule has 1 amide bonds. The highest BCUT2D eigenvalue weighted by Crippen LogP contribution is 2.29. The van der Waals surface area contributed by atoms with Crippen LogP contribution in [0.5, 0.6) is 0 Å². The first kappa shape index (κ1) is 18.5. The van der Waals surface area contributed by atoms with Gasteiger partial charge in [-0.05, 0) is 77.8 Å². The monoisotopic (exact) mass is 370 g/mol. The van der Waals surface area contributed by atoms with Gasteiger partial charge in [-0.3, -0.25) is 4.79 Å². The molecule has 3 heteroatoms. The van der Waals surface area contributed by atoms with Crippen molar-refractivity contribution in [3.63, 3.8) is 0 Å². The maximum Gasteiger partial charge on any atom is 0.248 e. The van der Waals surface area contributed by atoms with E-state index in [0.717, 1.165) is 30.5 Å². The molecule has 0 saturated heterocycles. The van der Waals surface area contributed by atoms with Gasteiger partial charge in [0.15, 0.2) is 0 Å². The third-order valence-electron chi connectivity index (χ3n) is 5.71. The van der Waals surface area contributed by atoms with Gasteiger partial charge in [-0.15, -0.1) is 0 Å². The van der Waals surface area contributed by atoms with Crippen LogP contribution in [-0.2, 0) is 19.4 Å². The van der Waals surface area contributed by atoms with Crippen LogP contribution in [0.15, 0.2) is 60.7 Å². The van der Waals surface area contributed by atoms with Crippen LogP contribution in [0.4, 0.5) is 0 Å². The highest BCUT2D eigenvalue weighted by Gasteiger charge is 2.20. The Bertz CT molecular complexity index is 973. The molecule has 28 heavy (non-hydrogen) atoms. The number of aryl methyl sites for hydroxylation is 2. The molecule has 3 N–H and O–H groups in total. The zero-order valence-corrected chi connectivity index (χ0v) is 16.5. The Morgan fingerprint density at radius 3 is 2.07 bits per heavy atom. The highest BCUT2D eigenvalue weighted by molar-refractivity contribution is 5.94. The molecule has 3 aromatic carbocycles. The molecular formula is C25H26N2O. The van der Waals surface area contributed by atoms with E-state index in [9.17, 15) is 4.79 Å². The van der Waals surface area contributed by atoms with Crippen molar-refractivity contribution in [3.8, 4) is 11.1 Å². The van der Waals surface area contributed by atoms with Crippen molar-refractivity contribution in [2.24, 2.45) is 5.73 Å². The van der Waals surface area contributed by atoms with E-state index < -0.39 is 0 Å². The lowest BCUT2D eigenvalue weighted by molar-refractivity contribution is 0.1000. The summed E-state index contributed by atoms with van der Waals surface area (Å²) in [6.45, 7) is 4.93. The number of benzene rings is 3. The fourth-order valence-corrected chi connectivity index (χ4v) is 4.32. The SMILES string of the molecule is Cc1cc(C(N)=O)cc(C)c1-c1ccc(CNC2Cc3ccccc3C2)cc1. The number of carbonyl (C=O) groups is 1. The van der Waals surface area contributed by atoms with Crippen LogP contribution in [0.1, 0.15) is 38.2 Å². The van der Waals surface area contributed by atoms with Crippen molar-refractivity contribution in [2.45, 2.75) is 39.3 Å². The van der Waals surface area contributed by atoms with Gasteiger partial charge in [-0.25, -0.2) is 0 Å². The van der Waals surface area contributed by atoms with Gasteiger partial charge < -0.3 is 11.1 Å². The second-order valence-electron chi connectivity index (χ2n) is 7.80. The molecule has 0 spiro atoms. The molecule has 4 rings (SSSR count). The molecule has 1 aliphatic rings. The van der Waals surface area contributed by atoms with Gasteiger partial charge in [-0.2, -0.15) is 0 Å². The van der Waals surface area contributed by atoms with E-state index in [4.69, 9.17) is 5.73 Å². The number of fused-ring (bicyclic) bond motifs is 1. The molecule has 0 bridgehead atoms. The Morgan fingerprint density at radius 1 is 0.964 bits per heavy atom. The number of carbonyl (C=O) groups excluding carboxylic acids is 1. The van der Waals surface area contributed by atoms with Crippen LogP contribution >= 0.6 is 0 Å². The summed E-state index contributed by atoms with van der Waals surface area (Å²) in [7, 11) is 0. The van der Waals surface area contributed by atoms with E-state index in [1.807, 2.05) is 26.0 Å². The van der Waals surface area contributed by atoms with Gasteiger partial charge in [0.25, 0.3) is 0 Å². The quantitative estimate of drug-likeness (QED) is 0.702. The minimum absolute atomic E-state index is 0.381. The smallest absolute Gasteiger partial charge is 0.248 e. The number of rotatable bonds is 5. The Labute approximate surface area is 166 Å². The normalized spacial score (nSPS) is 13.5. The van der Waals surface area contributed by atoms with E-state index in [1.54, 1.807) is 0 Å². The number of nitrogens with one attached hydrogen (secondary N) is 1. The Kier molecular flexibility index (Phi) is 5.01. The Balaban J connectivity index is 1.44. The Morgan fingerprint density at radius 2 is 1.54 bits per heavy atom. The van der Waals surface area contributed by atoms with Crippen LogP contribution in [0.25, 0.3) is 11.1 Å². The predicted molar refractivity (Wildman–Crippen MR) is 114 cm³/mol. The van der Waals surface area contributed by atoms with Gasteiger partial charge in [0.2, 0.25) is 5.91 Å². The van der Waals surface area contributed by atoms with Crippen molar-refractivity contribution in [3.05, 3.63) is 94.0 Å². The van der Waals surface area contributed by atoms with E-state index in [0.29, 0.717) is 11.6 Å². The van der Waals surface area contributed by atoms with Gasteiger partial charge in [-0.1, -0.05) is 48.5 Å². The van der Waals surface area contributed by atoms with E-state index in [1.165, 1.54) is 27.8 Å². The molecular weight excluding hydrogens is 344 g/mol. The van der Waals surface area contributed by atoms with Crippen molar-refractivity contribution < 1.29 is 4.79 Å². The van der Waals surface area contributed by atoms with Crippen LogP contribution in [0.3, 0.4) is 0 Å². The Hall–Kier alpha value is -2.91. The molecule has 0 aliphatic heterocycles. The van der Waals surface area contributed by atoms with E-state index in [-0.39, 0.29) is 5.91 Å². The molecule has 0 heterocycles. The predicted octanol–water partition coefficient (Wildman–Crippen LogP) is 4.33. The first-order valence-corrected chi connectivity index (χ1v) is 9.82. The van der Waals surface area contributed by atoms with Crippen LogP contribution in [0, 0.1) is 13.8 Å². The van der Waals surface area contributed by atoms with Crippen LogP contribution in [0.2, 0.25) is 0 Å². The first-order valence-electron chi connectivity index (χ1n) is 9.82. The van der Waals surface area contributed by atoms with Crippen molar-refractivity contribution in [2.75, 3.05) is 0 Å². The fourth-order valence-electron chi connectivity index (χ4n) is 4.32. The van der Waals surface area contributed by atoms with Crippen LogP contribution in [-0.4, -0.2) is 11.9 Å². The fraction of sp³-hybridized carbons (Fsp3) is 0.240.